The number of carbonyl (C=O) groups is 2. The second kappa shape index (κ2) is 7.44. The fourth-order valence-corrected chi connectivity index (χ4v) is 4.47. The van der Waals surface area contributed by atoms with E-state index in [1.807, 2.05) is 0 Å². The van der Waals surface area contributed by atoms with Crippen molar-refractivity contribution in [2.45, 2.75) is 37.8 Å². The average molecular weight is 464 g/mol. The number of alkyl halides is 3. The van der Waals surface area contributed by atoms with Gasteiger partial charge >= 0.3 is 6.18 Å². The lowest BCUT2D eigenvalue weighted by atomic mass is 9.76. The van der Waals surface area contributed by atoms with E-state index in [1.54, 1.807) is 24.3 Å². The van der Waals surface area contributed by atoms with Gasteiger partial charge in [0.25, 0.3) is 0 Å². The van der Waals surface area contributed by atoms with E-state index in [0.717, 1.165) is 10.5 Å². The second-order valence-electron chi connectivity index (χ2n) is 7.18. The van der Waals surface area contributed by atoms with Gasteiger partial charge in [0.15, 0.2) is 5.78 Å². The minimum atomic E-state index is -4.55. The van der Waals surface area contributed by atoms with Crippen molar-refractivity contribution in [2.24, 2.45) is 0 Å². The molecular formula is C22H17BrF3NO2. The van der Waals surface area contributed by atoms with Gasteiger partial charge < -0.3 is 0 Å². The fraction of sp³-hybridized carbons (Fsp3) is 0.273. The third kappa shape index (κ3) is 3.64. The summed E-state index contributed by atoms with van der Waals surface area (Å²) < 4.78 is 41.6. The highest BCUT2D eigenvalue weighted by Gasteiger charge is 2.43. The van der Waals surface area contributed by atoms with Crippen LogP contribution in [-0.2, 0) is 15.8 Å². The molecule has 2 aliphatic rings. The standard InChI is InChI=1S/C22H17BrF3NO2/c23-13-8-10-14(11-9-13)27-18-6-3-7-19(28)21(18)16(12-20(27)29)15-4-1-2-5-17(15)22(24,25)26/h1-2,4-5,8-11,16H,3,6-7,12H2. The molecule has 7 heteroatoms. The first kappa shape index (κ1) is 19.9. The molecular weight excluding hydrogens is 447 g/mol. The maximum atomic E-state index is 13.6. The predicted octanol–water partition coefficient (Wildman–Crippen LogP) is 6.00. The molecule has 2 aromatic rings. The first-order chi connectivity index (χ1) is 13.8. The quantitative estimate of drug-likeness (QED) is 0.547. The number of hydrogen-bond donors (Lipinski definition) is 0. The van der Waals surface area contributed by atoms with E-state index in [0.29, 0.717) is 29.8 Å². The molecule has 4 rings (SSSR count). The largest absolute Gasteiger partial charge is 0.416 e. The molecule has 0 saturated heterocycles. The van der Waals surface area contributed by atoms with Crippen LogP contribution in [0.2, 0.25) is 0 Å². The number of nitrogens with zero attached hydrogens (tertiary/aromatic N) is 1. The third-order valence-corrected chi connectivity index (χ3v) is 5.93. The van der Waals surface area contributed by atoms with Crippen LogP contribution in [0.4, 0.5) is 18.9 Å². The maximum Gasteiger partial charge on any atom is 0.416 e. The van der Waals surface area contributed by atoms with Gasteiger partial charge in [0, 0.05) is 40.2 Å². The first-order valence-corrected chi connectivity index (χ1v) is 10.1. The molecule has 0 radical (unpaired) electrons. The van der Waals surface area contributed by atoms with Crippen molar-refractivity contribution in [3.63, 3.8) is 0 Å². The topological polar surface area (TPSA) is 37.4 Å². The fourth-order valence-electron chi connectivity index (χ4n) is 4.21. The zero-order valence-corrected chi connectivity index (χ0v) is 16.9. The van der Waals surface area contributed by atoms with Crippen LogP contribution in [-0.4, -0.2) is 11.7 Å². The number of carbonyl (C=O) groups excluding carboxylic acids is 2. The van der Waals surface area contributed by atoms with Crippen LogP contribution in [0.25, 0.3) is 0 Å². The Balaban J connectivity index is 1.89. The number of halogens is 4. The van der Waals surface area contributed by atoms with Crippen LogP contribution in [0.15, 0.2) is 64.3 Å². The summed E-state index contributed by atoms with van der Waals surface area (Å²) in [6.45, 7) is 0. The summed E-state index contributed by atoms with van der Waals surface area (Å²) in [7, 11) is 0. The van der Waals surface area contributed by atoms with Crippen LogP contribution in [0.1, 0.15) is 42.7 Å². The summed E-state index contributed by atoms with van der Waals surface area (Å²) in [5.74, 6) is -1.36. The number of ketones is 1. The minimum absolute atomic E-state index is 0.00782. The SMILES string of the molecule is O=C1CCCC2=C1C(c1ccccc1C(F)(F)F)CC(=O)N2c1ccc(Br)cc1. The molecule has 0 aromatic heterocycles. The summed E-state index contributed by atoms with van der Waals surface area (Å²) in [5, 5.41) is 0. The van der Waals surface area contributed by atoms with Crippen molar-refractivity contribution < 1.29 is 22.8 Å². The molecule has 1 unspecified atom stereocenters. The molecule has 0 fully saturated rings. The Hall–Kier alpha value is -2.41. The maximum absolute atomic E-state index is 13.6. The van der Waals surface area contributed by atoms with Crippen LogP contribution in [0.3, 0.4) is 0 Å². The Morgan fingerprint density at radius 3 is 2.34 bits per heavy atom. The van der Waals surface area contributed by atoms with Gasteiger partial charge in [-0.3, -0.25) is 14.5 Å². The van der Waals surface area contributed by atoms with Gasteiger partial charge in [-0.25, -0.2) is 0 Å². The molecule has 1 aliphatic heterocycles. The molecule has 1 aliphatic carbocycles. The summed E-state index contributed by atoms with van der Waals surface area (Å²) >= 11 is 3.35. The molecule has 1 amide bonds. The Labute approximate surface area is 174 Å². The molecule has 0 saturated carbocycles. The van der Waals surface area contributed by atoms with E-state index in [4.69, 9.17) is 0 Å². The molecule has 0 N–H and O–H groups in total. The van der Waals surface area contributed by atoms with Gasteiger partial charge in [-0.05, 0) is 48.7 Å². The van der Waals surface area contributed by atoms with Crippen LogP contribution in [0.5, 0.6) is 0 Å². The Bertz CT molecular complexity index is 1010. The number of hydrogen-bond acceptors (Lipinski definition) is 2. The number of benzene rings is 2. The highest BCUT2D eigenvalue weighted by Crippen LogP contribution is 2.46. The van der Waals surface area contributed by atoms with Gasteiger partial charge in [-0.15, -0.1) is 0 Å². The summed E-state index contributed by atoms with van der Waals surface area (Å²) in [5.41, 5.74) is 0.687. The van der Waals surface area contributed by atoms with E-state index in [2.05, 4.69) is 15.9 Å². The monoisotopic (exact) mass is 463 g/mol. The minimum Gasteiger partial charge on any atom is -0.294 e. The zero-order chi connectivity index (χ0) is 20.8. The second-order valence-corrected chi connectivity index (χ2v) is 8.10. The number of rotatable bonds is 2. The highest BCUT2D eigenvalue weighted by molar-refractivity contribution is 9.10. The lowest BCUT2D eigenvalue weighted by Gasteiger charge is -2.39. The molecule has 1 atom stereocenters. The van der Waals surface area contributed by atoms with Crippen molar-refractivity contribution >= 4 is 33.3 Å². The Kier molecular flexibility index (Phi) is 5.11. The molecule has 3 nitrogen and oxygen atoms in total. The van der Waals surface area contributed by atoms with E-state index in [1.165, 1.54) is 23.1 Å². The Morgan fingerprint density at radius 2 is 1.66 bits per heavy atom. The molecule has 0 bridgehead atoms. The van der Waals surface area contributed by atoms with Crippen molar-refractivity contribution in [3.8, 4) is 0 Å². The summed E-state index contributed by atoms with van der Waals surface area (Å²) in [4.78, 5) is 27.4. The molecule has 29 heavy (non-hydrogen) atoms. The van der Waals surface area contributed by atoms with E-state index < -0.39 is 17.7 Å². The normalized spacial score (nSPS) is 20.1. The lowest BCUT2D eigenvalue weighted by molar-refractivity contribution is -0.138. The number of allylic oxidation sites excluding steroid dienone is 2. The lowest BCUT2D eigenvalue weighted by Crippen LogP contribution is -2.41. The number of amides is 1. The number of anilines is 1. The smallest absolute Gasteiger partial charge is 0.294 e. The molecule has 0 spiro atoms. The van der Waals surface area contributed by atoms with Crippen LogP contribution in [0, 0.1) is 0 Å². The van der Waals surface area contributed by atoms with Crippen molar-refractivity contribution in [1.82, 2.24) is 0 Å². The molecule has 150 valence electrons. The summed E-state index contributed by atoms with van der Waals surface area (Å²) in [6, 6.07) is 12.3. The van der Waals surface area contributed by atoms with Crippen molar-refractivity contribution in [2.75, 3.05) is 4.90 Å². The van der Waals surface area contributed by atoms with E-state index >= 15 is 0 Å². The highest BCUT2D eigenvalue weighted by atomic mass is 79.9. The third-order valence-electron chi connectivity index (χ3n) is 5.40. The van der Waals surface area contributed by atoms with Gasteiger partial charge in [0.05, 0.1) is 5.56 Å². The van der Waals surface area contributed by atoms with Crippen molar-refractivity contribution in [3.05, 3.63) is 75.4 Å². The summed E-state index contributed by atoms with van der Waals surface area (Å²) in [6.07, 6.45) is -3.39. The van der Waals surface area contributed by atoms with Gasteiger partial charge in [0.2, 0.25) is 5.91 Å². The Morgan fingerprint density at radius 1 is 0.966 bits per heavy atom. The number of Topliss-reactive ketones (excluding diaryl/α,β-unsaturated/α-hetero) is 1. The van der Waals surface area contributed by atoms with Gasteiger partial charge in [-0.1, -0.05) is 34.1 Å². The van der Waals surface area contributed by atoms with Crippen LogP contribution >= 0.6 is 15.9 Å². The van der Waals surface area contributed by atoms with Gasteiger partial charge in [-0.2, -0.15) is 13.2 Å². The predicted molar refractivity (Wildman–Crippen MR) is 106 cm³/mol. The zero-order valence-electron chi connectivity index (χ0n) is 15.3. The van der Waals surface area contributed by atoms with Crippen molar-refractivity contribution in [1.29, 1.82) is 0 Å². The molecule has 1 heterocycles. The van der Waals surface area contributed by atoms with Crippen LogP contribution < -0.4 is 4.90 Å². The van der Waals surface area contributed by atoms with Gasteiger partial charge in [0.1, 0.15) is 0 Å². The van der Waals surface area contributed by atoms with E-state index in [9.17, 15) is 22.8 Å². The average Bonchev–Trinajstić information content (AvgIpc) is 2.68. The first-order valence-electron chi connectivity index (χ1n) is 9.28. The molecule has 2 aromatic carbocycles. The van der Waals surface area contributed by atoms with E-state index in [-0.39, 0.29) is 30.1 Å².